The zero-order valence-electron chi connectivity index (χ0n) is 9.95. The number of fused-ring (bicyclic) bond motifs is 1. The van der Waals surface area contributed by atoms with Crippen LogP contribution in [0.1, 0.15) is 24.5 Å². The van der Waals surface area contributed by atoms with Crippen molar-refractivity contribution in [1.29, 1.82) is 0 Å². The van der Waals surface area contributed by atoms with E-state index in [1.165, 1.54) is 11.1 Å². The average molecular weight is 221 g/mol. The maximum absolute atomic E-state index is 5.77. The molecule has 0 amide bonds. The Morgan fingerprint density at radius 1 is 1.25 bits per heavy atom. The van der Waals surface area contributed by atoms with Gasteiger partial charge in [0.1, 0.15) is 13.2 Å². The van der Waals surface area contributed by atoms with Gasteiger partial charge in [0.2, 0.25) is 0 Å². The highest BCUT2D eigenvalue weighted by Gasteiger charge is 2.14. The molecule has 1 aliphatic rings. The summed E-state index contributed by atoms with van der Waals surface area (Å²) in [5.41, 5.74) is 8.33. The van der Waals surface area contributed by atoms with Gasteiger partial charge in [-0.1, -0.05) is 0 Å². The van der Waals surface area contributed by atoms with E-state index in [4.69, 9.17) is 15.2 Å². The Hall–Kier alpha value is -1.22. The molecule has 0 bridgehead atoms. The summed E-state index contributed by atoms with van der Waals surface area (Å²) in [6, 6.07) is 4.39. The molecule has 0 fully saturated rings. The van der Waals surface area contributed by atoms with E-state index >= 15 is 0 Å². The van der Waals surface area contributed by atoms with Crippen molar-refractivity contribution in [3.63, 3.8) is 0 Å². The van der Waals surface area contributed by atoms with Gasteiger partial charge >= 0.3 is 0 Å². The van der Waals surface area contributed by atoms with Crippen LogP contribution in [-0.4, -0.2) is 19.3 Å². The number of aryl methyl sites for hydroxylation is 2. The van der Waals surface area contributed by atoms with Crippen LogP contribution in [0.15, 0.2) is 12.1 Å². The first-order valence-corrected chi connectivity index (χ1v) is 5.81. The third-order valence-electron chi connectivity index (χ3n) is 2.87. The highest BCUT2D eigenvalue weighted by atomic mass is 16.6. The molecule has 2 N–H and O–H groups in total. The molecule has 0 aliphatic carbocycles. The molecule has 88 valence electrons. The van der Waals surface area contributed by atoms with Crippen LogP contribution < -0.4 is 15.2 Å². The lowest BCUT2D eigenvalue weighted by molar-refractivity contribution is 0.171. The Morgan fingerprint density at radius 2 is 1.88 bits per heavy atom. The summed E-state index contributed by atoms with van der Waals surface area (Å²) in [6.45, 7) is 5.43. The summed E-state index contributed by atoms with van der Waals surface area (Å²) in [5.74, 6) is 1.74. The average Bonchev–Trinajstić information content (AvgIpc) is 2.26. The molecular weight excluding hydrogens is 202 g/mol. The van der Waals surface area contributed by atoms with Crippen LogP contribution >= 0.6 is 0 Å². The van der Waals surface area contributed by atoms with Crippen molar-refractivity contribution in [3.8, 4) is 11.5 Å². The number of ether oxygens (including phenoxy) is 2. The standard InChI is InChI=1S/C13H19NO2/c1-9-7-12-13(16-6-5-15-12)8-11(9)4-3-10(2)14/h7-8,10H,3-6,14H2,1-2H3. The van der Waals surface area contributed by atoms with Crippen LogP contribution in [0.5, 0.6) is 11.5 Å². The second-order valence-corrected chi connectivity index (χ2v) is 4.44. The van der Waals surface area contributed by atoms with E-state index in [0.29, 0.717) is 13.2 Å². The number of nitrogens with two attached hydrogens (primary N) is 1. The quantitative estimate of drug-likeness (QED) is 0.849. The van der Waals surface area contributed by atoms with E-state index in [-0.39, 0.29) is 6.04 Å². The molecule has 0 saturated carbocycles. The van der Waals surface area contributed by atoms with Gasteiger partial charge in [-0.25, -0.2) is 0 Å². The highest BCUT2D eigenvalue weighted by Crippen LogP contribution is 2.33. The molecule has 1 aromatic carbocycles. The van der Waals surface area contributed by atoms with Gasteiger partial charge in [0.25, 0.3) is 0 Å². The highest BCUT2D eigenvalue weighted by molar-refractivity contribution is 5.47. The van der Waals surface area contributed by atoms with E-state index in [0.717, 1.165) is 24.3 Å². The summed E-state index contributed by atoms with van der Waals surface area (Å²) < 4.78 is 11.1. The van der Waals surface area contributed by atoms with Gasteiger partial charge in [-0.3, -0.25) is 0 Å². The van der Waals surface area contributed by atoms with Crippen molar-refractivity contribution in [2.24, 2.45) is 5.73 Å². The Labute approximate surface area is 96.5 Å². The lowest BCUT2D eigenvalue weighted by Gasteiger charge is -2.20. The SMILES string of the molecule is Cc1cc2c(cc1CCC(C)N)OCCO2. The normalized spacial score (nSPS) is 15.9. The van der Waals surface area contributed by atoms with Crippen molar-refractivity contribution in [3.05, 3.63) is 23.3 Å². The number of benzene rings is 1. The molecule has 1 unspecified atom stereocenters. The summed E-state index contributed by atoms with van der Waals surface area (Å²) in [4.78, 5) is 0. The first kappa shape index (κ1) is 11.3. The van der Waals surface area contributed by atoms with E-state index in [9.17, 15) is 0 Å². The topological polar surface area (TPSA) is 44.5 Å². The monoisotopic (exact) mass is 221 g/mol. The summed E-state index contributed by atoms with van der Waals surface area (Å²) >= 11 is 0. The van der Waals surface area contributed by atoms with Gasteiger partial charge in [-0.05, 0) is 49.9 Å². The fourth-order valence-electron chi connectivity index (χ4n) is 1.89. The predicted molar refractivity (Wildman–Crippen MR) is 64.1 cm³/mol. The minimum Gasteiger partial charge on any atom is -0.486 e. The molecule has 0 saturated heterocycles. The van der Waals surface area contributed by atoms with E-state index in [2.05, 4.69) is 19.1 Å². The Bertz CT molecular complexity index is 374. The number of rotatable bonds is 3. The summed E-state index contributed by atoms with van der Waals surface area (Å²) in [7, 11) is 0. The smallest absolute Gasteiger partial charge is 0.161 e. The molecule has 0 radical (unpaired) electrons. The molecule has 3 nitrogen and oxygen atoms in total. The van der Waals surface area contributed by atoms with Crippen molar-refractivity contribution in [2.45, 2.75) is 32.7 Å². The summed E-state index contributed by atoms with van der Waals surface area (Å²) in [6.07, 6.45) is 2.00. The maximum Gasteiger partial charge on any atom is 0.161 e. The molecule has 3 heteroatoms. The minimum absolute atomic E-state index is 0.243. The van der Waals surface area contributed by atoms with E-state index in [1.807, 2.05) is 6.92 Å². The molecule has 1 aromatic rings. The Balaban J connectivity index is 2.18. The molecule has 1 aliphatic heterocycles. The van der Waals surface area contributed by atoms with Crippen LogP contribution in [0.25, 0.3) is 0 Å². The second-order valence-electron chi connectivity index (χ2n) is 4.44. The fourth-order valence-corrected chi connectivity index (χ4v) is 1.89. The van der Waals surface area contributed by atoms with Crippen molar-refractivity contribution < 1.29 is 9.47 Å². The van der Waals surface area contributed by atoms with Crippen LogP contribution in [0.2, 0.25) is 0 Å². The zero-order valence-corrected chi connectivity index (χ0v) is 9.95. The third kappa shape index (κ3) is 2.47. The second kappa shape index (κ2) is 4.74. The maximum atomic E-state index is 5.77. The Kier molecular flexibility index (Phi) is 3.34. The molecule has 16 heavy (non-hydrogen) atoms. The Morgan fingerprint density at radius 3 is 2.50 bits per heavy atom. The predicted octanol–water partition coefficient (Wildman–Crippen LogP) is 2.05. The van der Waals surface area contributed by atoms with Crippen molar-refractivity contribution in [2.75, 3.05) is 13.2 Å². The van der Waals surface area contributed by atoms with Crippen LogP contribution in [-0.2, 0) is 6.42 Å². The van der Waals surface area contributed by atoms with Crippen LogP contribution in [0.4, 0.5) is 0 Å². The molecule has 2 rings (SSSR count). The number of hydrogen-bond donors (Lipinski definition) is 1. The molecule has 1 heterocycles. The summed E-state index contributed by atoms with van der Waals surface area (Å²) in [5, 5.41) is 0. The van der Waals surface area contributed by atoms with Crippen LogP contribution in [0.3, 0.4) is 0 Å². The zero-order chi connectivity index (χ0) is 11.5. The minimum atomic E-state index is 0.243. The fraction of sp³-hybridized carbons (Fsp3) is 0.538. The lowest BCUT2D eigenvalue weighted by Crippen LogP contribution is -2.17. The molecular formula is C13H19NO2. The van der Waals surface area contributed by atoms with Gasteiger partial charge in [-0.15, -0.1) is 0 Å². The third-order valence-corrected chi connectivity index (χ3v) is 2.87. The first-order chi connectivity index (χ1) is 7.66. The molecule has 0 aromatic heterocycles. The lowest BCUT2D eigenvalue weighted by atomic mass is 10.0. The van der Waals surface area contributed by atoms with Crippen molar-refractivity contribution in [1.82, 2.24) is 0 Å². The van der Waals surface area contributed by atoms with Crippen molar-refractivity contribution >= 4 is 0 Å². The molecule has 0 spiro atoms. The van der Waals surface area contributed by atoms with Crippen LogP contribution in [0, 0.1) is 6.92 Å². The first-order valence-electron chi connectivity index (χ1n) is 5.81. The van der Waals surface area contributed by atoms with Gasteiger partial charge in [0, 0.05) is 6.04 Å². The molecule has 1 atom stereocenters. The van der Waals surface area contributed by atoms with E-state index < -0.39 is 0 Å². The van der Waals surface area contributed by atoms with E-state index in [1.54, 1.807) is 0 Å². The largest absolute Gasteiger partial charge is 0.486 e. The van der Waals surface area contributed by atoms with Gasteiger partial charge < -0.3 is 15.2 Å². The van der Waals surface area contributed by atoms with Gasteiger partial charge in [0.15, 0.2) is 11.5 Å². The van der Waals surface area contributed by atoms with Gasteiger partial charge in [-0.2, -0.15) is 0 Å². The number of hydrogen-bond acceptors (Lipinski definition) is 3. The van der Waals surface area contributed by atoms with Gasteiger partial charge in [0.05, 0.1) is 0 Å².